The molecule has 2 aromatic carbocycles. The Morgan fingerprint density at radius 3 is 2.74 bits per heavy atom. The Hall–Kier alpha value is -4.05. The van der Waals surface area contributed by atoms with Crippen LogP contribution in [-0.2, 0) is 0 Å². The lowest BCUT2D eigenvalue weighted by atomic mass is 10.2. The number of amides is 1. The average molecular weight is 358 g/mol. The van der Waals surface area contributed by atoms with Crippen LogP contribution in [0.25, 0.3) is 0 Å². The Bertz CT molecular complexity index is 1040. The lowest BCUT2D eigenvalue weighted by Gasteiger charge is -2.09. The van der Waals surface area contributed by atoms with Crippen LogP contribution < -0.4 is 20.1 Å². The molecule has 0 spiro atoms. The van der Waals surface area contributed by atoms with Crippen molar-refractivity contribution >= 4 is 23.1 Å². The molecule has 3 aromatic rings. The van der Waals surface area contributed by atoms with Crippen LogP contribution in [0.3, 0.4) is 0 Å². The number of para-hydroxylation sites is 1. The molecule has 4 rings (SSSR count). The highest BCUT2D eigenvalue weighted by Crippen LogP contribution is 2.32. The smallest absolute Gasteiger partial charge is 0.256 e. The summed E-state index contributed by atoms with van der Waals surface area (Å²) in [6.07, 6.45) is 1.59. The number of nitrogens with zero attached hydrogens (tertiary/aromatic N) is 2. The van der Waals surface area contributed by atoms with Crippen LogP contribution in [0.4, 0.5) is 17.2 Å². The summed E-state index contributed by atoms with van der Waals surface area (Å²) in [6.45, 7) is 0.158. The molecular weight excluding hydrogens is 344 g/mol. The number of anilines is 3. The predicted octanol–water partition coefficient (Wildman–Crippen LogP) is 3.68. The van der Waals surface area contributed by atoms with E-state index in [0.29, 0.717) is 39.8 Å². The first-order chi connectivity index (χ1) is 13.2. The van der Waals surface area contributed by atoms with Gasteiger partial charge in [-0.05, 0) is 42.5 Å². The third kappa shape index (κ3) is 3.50. The van der Waals surface area contributed by atoms with Crippen LogP contribution in [0, 0.1) is 11.3 Å². The van der Waals surface area contributed by atoms with Gasteiger partial charge in [0.2, 0.25) is 6.79 Å². The SMILES string of the molecule is N#Cc1ccccc1Nc1ccc(NC(=O)c2ccc3c(c2)OCO3)nc1. The highest BCUT2D eigenvalue weighted by Gasteiger charge is 2.16. The number of ether oxygens (including phenoxy) is 2. The van der Waals surface area contributed by atoms with Crippen LogP contribution in [-0.4, -0.2) is 17.7 Å². The van der Waals surface area contributed by atoms with Gasteiger partial charge < -0.3 is 20.1 Å². The number of nitriles is 1. The molecule has 7 nitrogen and oxygen atoms in total. The zero-order valence-electron chi connectivity index (χ0n) is 14.1. The largest absolute Gasteiger partial charge is 0.454 e. The van der Waals surface area contributed by atoms with Gasteiger partial charge in [-0.2, -0.15) is 5.26 Å². The molecule has 2 N–H and O–H groups in total. The predicted molar refractivity (Wildman–Crippen MR) is 99.2 cm³/mol. The molecule has 132 valence electrons. The number of fused-ring (bicyclic) bond motifs is 1. The van der Waals surface area contributed by atoms with Crippen LogP contribution in [0.5, 0.6) is 11.5 Å². The van der Waals surface area contributed by atoms with Crippen LogP contribution >= 0.6 is 0 Å². The number of carbonyl (C=O) groups is 1. The van der Waals surface area contributed by atoms with E-state index in [1.165, 1.54) is 0 Å². The molecule has 0 bridgehead atoms. The topological polar surface area (TPSA) is 96.3 Å². The van der Waals surface area contributed by atoms with Crippen molar-refractivity contribution in [2.24, 2.45) is 0 Å². The van der Waals surface area contributed by atoms with E-state index < -0.39 is 0 Å². The van der Waals surface area contributed by atoms with E-state index in [4.69, 9.17) is 14.7 Å². The van der Waals surface area contributed by atoms with Crippen LogP contribution in [0.1, 0.15) is 15.9 Å². The molecule has 0 fully saturated rings. The maximum Gasteiger partial charge on any atom is 0.256 e. The fourth-order valence-electron chi connectivity index (χ4n) is 2.61. The van der Waals surface area contributed by atoms with E-state index in [0.717, 1.165) is 0 Å². The normalized spacial score (nSPS) is 11.5. The Morgan fingerprint density at radius 1 is 1.07 bits per heavy atom. The molecular formula is C20H14N4O3. The first-order valence-corrected chi connectivity index (χ1v) is 8.16. The number of carbonyl (C=O) groups excluding carboxylic acids is 1. The van der Waals surface area contributed by atoms with Crippen LogP contribution in [0.15, 0.2) is 60.8 Å². The molecule has 1 aliphatic rings. The molecule has 0 aliphatic carbocycles. The van der Waals surface area contributed by atoms with Gasteiger partial charge in [0, 0.05) is 5.56 Å². The summed E-state index contributed by atoms with van der Waals surface area (Å²) in [6, 6.07) is 17.8. The van der Waals surface area contributed by atoms with Crippen LogP contribution in [0.2, 0.25) is 0 Å². The second-order valence-electron chi connectivity index (χ2n) is 5.74. The van der Waals surface area contributed by atoms with E-state index in [-0.39, 0.29) is 12.7 Å². The maximum atomic E-state index is 12.4. The first kappa shape index (κ1) is 16.4. The molecule has 27 heavy (non-hydrogen) atoms. The molecule has 0 saturated heterocycles. The molecule has 1 amide bonds. The molecule has 2 heterocycles. The Kier molecular flexibility index (Phi) is 4.29. The summed E-state index contributed by atoms with van der Waals surface area (Å²) < 4.78 is 10.5. The molecule has 0 unspecified atom stereocenters. The summed E-state index contributed by atoms with van der Waals surface area (Å²) in [5.41, 5.74) is 2.39. The number of hydrogen-bond acceptors (Lipinski definition) is 6. The number of rotatable bonds is 4. The quantitative estimate of drug-likeness (QED) is 0.738. The molecule has 0 atom stereocenters. The van der Waals surface area contributed by atoms with E-state index in [2.05, 4.69) is 21.7 Å². The highest BCUT2D eigenvalue weighted by molar-refractivity contribution is 6.04. The van der Waals surface area contributed by atoms with Gasteiger partial charge in [-0.25, -0.2) is 4.98 Å². The zero-order valence-corrected chi connectivity index (χ0v) is 14.1. The Labute approximate surface area is 155 Å². The standard InChI is InChI=1S/C20H14N4O3/c21-10-14-3-1-2-4-16(14)23-15-6-8-19(22-11-15)24-20(25)13-5-7-17-18(9-13)27-12-26-17/h1-9,11,23H,12H2,(H,22,24,25). The maximum absolute atomic E-state index is 12.4. The van der Waals surface area contributed by atoms with Gasteiger partial charge in [-0.15, -0.1) is 0 Å². The van der Waals surface area contributed by atoms with Crippen molar-refractivity contribution in [3.8, 4) is 17.6 Å². The van der Waals surface area contributed by atoms with E-state index in [1.54, 1.807) is 48.7 Å². The average Bonchev–Trinajstić information content (AvgIpc) is 3.17. The van der Waals surface area contributed by atoms with E-state index in [9.17, 15) is 4.79 Å². The van der Waals surface area contributed by atoms with Crippen molar-refractivity contribution in [1.82, 2.24) is 4.98 Å². The van der Waals surface area contributed by atoms with Gasteiger partial charge in [-0.1, -0.05) is 12.1 Å². The second-order valence-corrected chi connectivity index (χ2v) is 5.74. The van der Waals surface area contributed by atoms with Crippen molar-refractivity contribution in [2.45, 2.75) is 0 Å². The van der Waals surface area contributed by atoms with E-state index in [1.807, 2.05) is 12.1 Å². The van der Waals surface area contributed by atoms with Gasteiger partial charge in [0.15, 0.2) is 11.5 Å². The van der Waals surface area contributed by atoms with Gasteiger partial charge >= 0.3 is 0 Å². The molecule has 7 heteroatoms. The fraction of sp³-hybridized carbons (Fsp3) is 0.0500. The lowest BCUT2D eigenvalue weighted by Crippen LogP contribution is -2.12. The van der Waals surface area contributed by atoms with Gasteiger partial charge in [0.05, 0.1) is 23.1 Å². The summed E-state index contributed by atoms with van der Waals surface area (Å²) in [5.74, 6) is 1.29. The number of aromatic nitrogens is 1. The summed E-state index contributed by atoms with van der Waals surface area (Å²) in [7, 11) is 0. The lowest BCUT2D eigenvalue weighted by molar-refractivity contribution is 0.102. The zero-order chi connectivity index (χ0) is 18.6. The summed E-state index contributed by atoms with van der Waals surface area (Å²) in [5, 5.41) is 15.0. The van der Waals surface area contributed by atoms with Crippen molar-refractivity contribution in [3.63, 3.8) is 0 Å². The minimum Gasteiger partial charge on any atom is -0.454 e. The van der Waals surface area contributed by atoms with Crippen molar-refractivity contribution < 1.29 is 14.3 Å². The number of pyridine rings is 1. The fourth-order valence-corrected chi connectivity index (χ4v) is 2.61. The minimum atomic E-state index is -0.295. The third-order valence-corrected chi connectivity index (χ3v) is 3.97. The molecule has 0 saturated carbocycles. The third-order valence-electron chi connectivity index (χ3n) is 3.97. The van der Waals surface area contributed by atoms with Crippen molar-refractivity contribution in [3.05, 3.63) is 71.9 Å². The summed E-state index contributed by atoms with van der Waals surface area (Å²) in [4.78, 5) is 16.6. The highest BCUT2D eigenvalue weighted by atomic mass is 16.7. The van der Waals surface area contributed by atoms with Gasteiger partial charge in [0.1, 0.15) is 11.9 Å². The van der Waals surface area contributed by atoms with Gasteiger partial charge in [0.25, 0.3) is 5.91 Å². The first-order valence-electron chi connectivity index (χ1n) is 8.16. The Morgan fingerprint density at radius 2 is 1.93 bits per heavy atom. The van der Waals surface area contributed by atoms with Crippen molar-refractivity contribution in [2.75, 3.05) is 17.4 Å². The Balaban J connectivity index is 1.45. The number of benzene rings is 2. The summed E-state index contributed by atoms with van der Waals surface area (Å²) >= 11 is 0. The number of hydrogen-bond donors (Lipinski definition) is 2. The molecule has 0 radical (unpaired) electrons. The van der Waals surface area contributed by atoms with Gasteiger partial charge in [-0.3, -0.25) is 4.79 Å². The van der Waals surface area contributed by atoms with Crippen molar-refractivity contribution in [1.29, 1.82) is 5.26 Å². The molecule has 1 aliphatic heterocycles. The molecule has 1 aromatic heterocycles. The number of nitrogens with one attached hydrogen (secondary N) is 2. The van der Waals surface area contributed by atoms with E-state index >= 15 is 0 Å². The monoisotopic (exact) mass is 358 g/mol. The second kappa shape index (κ2) is 7.06. The minimum absolute atomic E-state index is 0.158.